The van der Waals surface area contributed by atoms with Crippen molar-refractivity contribution in [1.29, 1.82) is 0 Å². The van der Waals surface area contributed by atoms with Crippen molar-refractivity contribution in [3.8, 4) is 0 Å². The van der Waals surface area contributed by atoms with E-state index in [-0.39, 0.29) is 5.91 Å². The van der Waals surface area contributed by atoms with E-state index in [0.29, 0.717) is 30.8 Å². The van der Waals surface area contributed by atoms with Crippen LogP contribution in [0.1, 0.15) is 65.2 Å². The molecule has 2 N–H and O–H groups in total. The fourth-order valence-electron chi connectivity index (χ4n) is 3.67. The smallest absolute Gasteiger partial charge is 0.352 e. The summed E-state index contributed by atoms with van der Waals surface area (Å²) in [5, 5.41) is 6.13. The fourth-order valence-corrected chi connectivity index (χ4v) is 3.67. The molecule has 0 unspecified atom stereocenters. The molecular weight excluding hydrogens is 427 g/mol. The summed E-state index contributed by atoms with van der Waals surface area (Å²) in [6.07, 6.45) is -0.394. The number of hydrogen-bond donors (Lipinski definition) is 2. The minimum absolute atomic E-state index is 0.0758. The van der Waals surface area contributed by atoms with E-state index < -0.39 is 11.7 Å². The van der Waals surface area contributed by atoms with Crippen molar-refractivity contribution in [1.82, 2.24) is 15.5 Å². The van der Waals surface area contributed by atoms with Crippen LogP contribution in [0.15, 0.2) is 42.5 Å². The van der Waals surface area contributed by atoms with Crippen LogP contribution in [0.25, 0.3) is 0 Å². The van der Waals surface area contributed by atoms with Crippen LogP contribution in [0.5, 0.6) is 0 Å². The number of carbonyl (C=O) groups is 1. The number of aryl methyl sites for hydroxylation is 1. The Hall–Kier alpha value is -2.38. The number of nitrogens with one attached hydrogen (secondary N) is 2. The SMILES string of the molecule is CCCCN(C)Cc1cc(C)cc(C(=O)NCCCCNCc2cccc(C(F)(F)F)c2)c1. The molecule has 0 aromatic heterocycles. The highest BCUT2D eigenvalue weighted by Gasteiger charge is 2.30. The Morgan fingerprint density at radius 3 is 2.48 bits per heavy atom. The van der Waals surface area contributed by atoms with E-state index in [1.54, 1.807) is 6.07 Å². The molecular formula is C26H36F3N3O. The van der Waals surface area contributed by atoms with E-state index in [2.05, 4.69) is 35.6 Å². The summed E-state index contributed by atoms with van der Waals surface area (Å²) in [6.45, 7) is 7.65. The lowest BCUT2D eigenvalue weighted by atomic mass is 10.1. The highest BCUT2D eigenvalue weighted by atomic mass is 19.4. The minimum atomic E-state index is -4.32. The van der Waals surface area contributed by atoms with Gasteiger partial charge in [-0.1, -0.05) is 43.2 Å². The number of rotatable bonds is 13. The van der Waals surface area contributed by atoms with E-state index in [0.717, 1.165) is 56.0 Å². The molecule has 0 fully saturated rings. The molecule has 2 aromatic carbocycles. The summed E-state index contributed by atoms with van der Waals surface area (Å²) in [7, 11) is 2.10. The normalized spacial score (nSPS) is 11.7. The molecule has 0 heterocycles. The van der Waals surface area contributed by atoms with Gasteiger partial charge in [0.1, 0.15) is 0 Å². The summed E-state index contributed by atoms with van der Waals surface area (Å²) in [6, 6.07) is 11.3. The van der Waals surface area contributed by atoms with Crippen molar-refractivity contribution in [2.75, 3.05) is 26.7 Å². The number of alkyl halides is 3. The molecule has 0 radical (unpaired) electrons. The molecule has 0 bridgehead atoms. The summed E-state index contributed by atoms with van der Waals surface area (Å²) in [5.74, 6) is -0.0758. The Morgan fingerprint density at radius 2 is 1.76 bits per heavy atom. The second-order valence-corrected chi connectivity index (χ2v) is 8.64. The Kier molecular flexibility index (Phi) is 10.9. The lowest BCUT2D eigenvalue weighted by Gasteiger charge is -2.17. The molecule has 4 nitrogen and oxygen atoms in total. The largest absolute Gasteiger partial charge is 0.416 e. The number of halogens is 3. The van der Waals surface area contributed by atoms with Crippen LogP contribution in [0.2, 0.25) is 0 Å². The second kappa shape index (κ2) is 13.4. The van der Waals surface area contributed by atoms with Gasteiger partial charge < -0.3 is 15.5 Å². The molecule has 0 aliphatic carbocycles. The van der Waals surface area contributed by atoms with Gasteiger partial charge in [-0.15, -0.1) is 0 Å². The molecule has 33 heavy (non-hydrogen) atoms. The van der Waals surface area contributed by atoms with Crippen molar-refractivity contribution in [2.24, 2.45) is 0 Å². The van der Waals surface area contributed by atoms with Crippen LogP contribution < -0.4 is 10.6 Å². The summed E-state index contributed by atoms with van der Waals surface area (Å²) < 4.78 is 38.3. The average Bonchev–Trinajstić information content (AvgIpc) is 2.76. The lowest BCUT2D eigenvalue weighted by Crippen LogP contribution is -2.26. The Balaban J connectivity index is 1.70. The molecule has 0 atom stereocenters. The summed E-state index contributed by atoms with van der Waals surface area (Å²) in [5.41, 5.74) is 2.86. The first-order valence-electron chi connectivity index (χ1n) is 11.6. The third-order valence-electron chi connectivity index (χ3n) is 5.39. The van der Waals surface area contributed by atoms with Gasteiger partial charge in [0.05, 0.1) is 5.56 Å². The zero-order valence-electron chi connectivity index (χ0n) is 19.9. The fraction of sp³-hybridized carbons (Fsp3) is 0.500. The maximum Gasteiger partial charge on any atom is 0.416 e. The highest BCUT2D eigenvalue weighted by Crippen LogP contribution is 2.29. The Bertz CT molecular complexity index is 883. The van der Waals surface area contributed by atoms with Crippen LogP contribution in [-0.2, 0) is 19.3 Å². The maximum atomic E-state index is 12.8. The van der Waals surface area contributed by atoms with Crippen LogP contribution in [0.3, 0.4) is 0 Å². The first-order chi connectivity index (χ1) is 15.7. The van der Waals surface area contributed by atoms with Gasteiger partial charge in [-0.3, -0.25) is 4.79 Å². The molecule has 2 aromatic rings. The van der Waals surface area contributed by atoms with Gasteiger partial charge in [-0.25, -0.2) is 0 Å². The first-order valence-corrected chi connectivity index (χ1v) is 11.6. The standard InChI is InChI=1S/C26H36F3N3O/c1-4-5-13-32(3)19-22-14-20(2)15-23(16-22)25(33)31-12-7-6-11-30-18-21-9-8-10-24(17-21)26(27,28)29/h8-10,14-17,30H,4-7,11-13,18-19H2,1-3H3,(H,31,33). The van der Waals surface area contributed by atoms with Gasteiger partial charge in [0, 0.05) is 25.2 Å². The van der Waals surface area contributed by atoms with Gasteiger partial charge in [-0.05, 0) is 75.6 Å². The topological polar surface area (TPSA) is 44.4 Å². The molecule has 0 saturated carbocycles. The maximum absolute atomic E-state index is 12.8. The number of hydrogen-bond acceptors (Lipinski definition) is 3. The molecule has 1 amide bonds. The lowest BCUT2D eigenvalue weighted by molar-refractivity contribution is -0.137. The van der Waals surface area contributed by atoms with Gasteiger partial charge in [0.25, 0.3) is 5.91 Å². The van der Waals surface area contributed by atoms with Gasteiger partial charge in [0.2, 0.25) is 0 Å². The van der Waals surface area contributed by atoms with Crippen molar-refractivity contribution < 1.29 is 18.0 Å². The third-order valence-corrected chi connectivity index (χ3v) is 5.39. The minimum Gasteiger partial charge on any atom is -0.352 e. The average molecular weight is 464 g/mol. The number of nitrogens with zero attached hydrogens (tertiary/aromatic N) is 1. The van der Waals surface area contributed by atoms with Crippen LogP contribution in [-0.4, -0.2) is 37.5 Å². The van der Waals surface area contributed by atoms with E-state index in [1.165, 1.54) is 12.1 Å². The van der Waals surface area contributed by atoms with E-state index in [1.807, 2.05) is 19.1 Å². The van der Waals surface area contributed by atoms with E-state index in [9.17, 15) is 18.0 Å². The van der Waals surface area contributed by atoms with Crippen molar-refractivity contribution in [3.05, 3.63) is 70.3 Å². The molecule has 0 spiro atoms. The molecule has 182 valence electrons. The van der Waals surface area contributed by atoms with Crippen LogP contribution in [0, 0.1) is 6.92 Å². The first kappa shape index (κ1) is 26.9. The molecule has 0 aliphatic rings. The number of carbonyl (C=O) groups excluding carboxylic acids is 1. The number of benzene rings is 2. The van der Waals surface area contributed by atoms with E-state index >= 15 is 0 Å². The van der Waals surface area contributed by atoms with Gasteiger partial charge in [-0.2, -0.15) is 13.2 Å². The van der Waals surface area contributed by atoms with Crippen LogP contribution >= 0.6 is 0 Å². The van der Waals surface area contributed by atoms with Crippen molar-refractivity contribution in [2.45, 2.75) is 58.8 Å². The van der Waals surface area contributed by atoms with E-state index in [4.69, 9.17) is 0 Å². The summed E-state index contributed by atoms with van der Waals surface area (Å²) in [4.78, 5) is 14.8. The third kappa shape index (κ3) is 9.96. The quantitative estimate of drug-likeness (QED) is 0.383. The number of amides is 1. The molecule has 0 saturated heterocycles. The molecule has 7 heteroatoms. The Morgan fingerprint density at radius 1 is 1.00 bits per heavy atom. The van der Waals surface area contributed by atoms with Crippen LogP contribution in [0.4, 0.5) is 13.2 Å². The zero-order chi connectivity index (χ0) is 24.3. The highest BCUT2D eigenvalue weighted by molar-refractivity contribution is 5.94. The molecule has 2 rings (SSSR count). The second-order valence-electron chi connectivity index (χ2n) is 8.64. The van der Waals surface area contributed by atoms with Crippen molar-refractivity contribution >= 4 is 5.91 Å². The van der Waals surface area contributed by atoms with Crippen molar-refractivity contribution in [3.63, 3.8) is 0 Å². The predicted molar refractivity (Wildman–Crippen MR) is 127 cm³/mol. The van der Waals surface area contributed by atoms with Gasteiger partial charge in [0.15, 0.2) is 0 Å². The summed E-state index contributed by atoms with van der Waals surface area (Å²) >= 11 is 0. The van der Waals surface area contributed by atoms with Gasteiger partial charge >= 0.3 is 6.18 Å². The Labute approximate surface area is 195 Å². The predicted octanol–water partition coefficient (Wildman–Crippen LogP) is 5.55. The molecule has 0 aliphatic heterocycles. The number of unbranched alkanes of at least 4 members (excludes halogenated alkanes) is 2. The monoisotopic (exact) mass is 463 g/mol. The zero-order valence-corrected chi connectivity index (χ0v) is 19.9.